The lowest BCUT2D eigenvalue weighted by atomic mass is 10.1. The molecule has 1 aliphatic rings. The smallest absolute Gasteiger partial charge is 0.0367 e. The Morgan fingerprint density at radius 3 is 2.53 bits per heavy atom. The number of benzene rings is 1. The lowest BCUT2D eigenvalue weighted by Crippen LogP contribution is -2.50. The van der Waals surface area contributed by atoms with E-state index in [9.17, 15) is 0 Å². The van der Waals surface area contributed by atoms with E-state index in [0.29, 0.717) is 6.04 Å². The van der Waals surface area contributed by atoms with Crippen molar-refractivity contribution in [3.05, 3.63) is 29.8 Å². The molecule has 1 atom stereocenters. The Morgan fingerprint density at radius 1 is 1.24 bits per heavy atom. The van der Waals surface area contributed by atoms with E-state index in [4.69, 9.17) is 5.73 Å². The number of anilines is 1. The van der Waals surface area contributed by atoms with E-state index in [-0.39, 0.29) is 0 Å². The molecular weight excluding hydrogens is 210 g/mol. The van der Waals surface area contributed by atoms with E-state index in [1.807, 2.05) is 0 Å². The molecule has 1 heterocycles. The first-order valence-corrected chi connectivity index (χ1v) is 6.45. The molecule has 1 unspecified atom stereocenters. The number of hydrogen-bond acceptors (Lipinski definition) is 3. The summed E-state index contributed by atoms with van der Waals surface area (Å²) in [5.74, 6) is 0. The molecule has 0 amide bonds. The lowest BCUT2D eigenvalue weighted by molar-refractivity contribution is 0.234. The quantitative estimate of drug-likeness (QED) is 0.855. The molecule has 3 heteroatoms. The van der Waals surface area contributed by atoms with Gasteiger partial charge in [-0.25, -0.2) is 0 Å². The van der Waals surface area contributed by atoms with Crippen LogP contribution in [0.15, 0.2) is 24.3 Å². The van der Waals surface area contributed by atoms with Crippen molar-refractivity contribution in [3.63, 3.8) is 0 Å². The molecule has 0 bridgehead atoms. The highest BCUT2D eigenvalue weighted by Gasteiger charge is 2.20. The van der Waals surface area contributed by atoms with Crippen LogP contribution in [0.2, 0.25) is 0 Å². The zero-order valence-electron chi connectivity index (χ0n) is 10.9. The monoisotopic (exact) mass is 233 g/mol. The van der Waals surface area contributed by atoms with Gasteiger partial charge in [0, 0.05) is 31.4 Å². The molecule has 0 spiro atoms. The van der Waals surface area contributed by atoms with Gasteiger partial charge >= 0.3 is 0 Å². The molecule has 0 radical (unpaired) electrons. The number of piperazine rings is 1. The zero-order valence-corrected chi connectivity index (χ0v) is 10.9. The minimum Gasteiger partial charge on any atom is -0.369 e. The number of nitrogens with two attached hydrogens (primary N) is 1. The first-order valence-electron chi connectivity index (χ1n) is 6.45. The van der Waals surface area contributed by atoms with E-state index in [1.165, 1.54) is 11.3 Å². The summed E-state index contributed by atoms with van der Waals surface area (Å²) in [6.07, 6.45) is 0.972. The number of hydrogen-bond donors (Lipinski definition) is 1. The summed E-state index contributed by atoms with van der Waals surface area (Å²) in [5, 5.41) is 0. The molecule has 1 aromatic rings. The Morgan fingerprint density at radius 2 is 1.94 bits per heavy atom. The minimum atomic E-state index is 0.632. The normalized spacial score (nSPS) is 21.8. The van der Waals surface area contributed by atoms with Crippen molar-refractivity contribution in [1.29, 1.82) is 0 Å². The van der Waals surface area contributed by atoms with Crippen molar-refractivity contribution in [2.45, 2.75) is 19.4 Å². The first-order chi connectivity index (χ1) is 8.20. The van der Waals surface area contributed by atoms with Crippen LogP contribution in [0.5, 0.6) is 0 Å². The maximum Gasteiger partial charge on any atom is 0.0367 e. The highest BCUT2D eigenvalue weighted by Crippen LogP contribution is 2.19. The number of nitrogens with zero attached hydrogens (tertiary/aromatic N) is 2. The third-order valence-corrected chi connectivity index (χ3v) is 3.69. The minimum absolute atomic E-state index is 0.632. The molecular formula is C14H23N3. The van der Waals surface area contributed by atoms with Gasteiger partial charge in [0.25, 0.3) is 0 Å². The third-order valence-electron chi connectivity index (χ3n) is 3.69. The summed E-state index contributed by atoms with van der Waals surface area (Å²) in [6, 6.07) is 9.48. The molecule has 3 nitrogen and oxygen atoms in total. The predicted molar refractivity (Wildman–Crippen MR) is 73.5 cm³/mol. The average molecular weight is 233 g/mol. The van der Waals surface area contributed by atoms with Gasteiger partial charge in [-0.15, -0.1) is 0 Å². The Kier molecular flexibility index (Phi) is 4.02. The van der Waals surface area contributed by atoms with Crippen LogP contribution in [0.3, 0.4) is 0 Å². The van der Waals surface area contributed by atoms with E-state index in [1.54, 1.807) is 0 Å². The van der Waals surface area contributed by atoms with E-state index < -0.39 is 0 Å². The molecule has 0 aliphatic carbocycles. The Hall–Kier alpha value is -1.06. The molecule has 17 heavy (non-hydrogen) atoms. The van der Waals surface area contributed by atoms with Crippen molar-refractivity contribution in [1.82, 2.24) is 4.90 Å². The van der Waals surface area contributed by atoms with Crippen LogP contribution in [0.1, 0.15) is 12.5 Å². The van der Waals surface area contributed by atoms with Gasteiger partial charge in [-0.3, -0.25) is 0 Å². The second-order valence-electron chi connectivity index (χ2n) is 4.98. The fraction of sp³-hybridized carbons (Fsp3) is 0.571. The Bertz CT molecular complexity index is 347. The molecule has 2 rings (SSSR count). The third kappa shape index (κ3) is 2.99. The van der Waals surface area contributed by atoms with Gasteiger partial charge in [0.15, 0.2) is 0 Å². The predicted octanol–water partition coefficient (Wildman–Crippen LogP) is 1.33. The van der Waals surface area contributed by atoms with E-state index >= 15 is 0 Å². The van der Waals surface area contributed by atoms with Crippen LogP contribution in [0, 0.1) is 0 Å². The fourth-order valence-electron chi connectivity index (χ4n) is 2.32. The van der Waals surface area contributed by atoms with Crippen LogP contribution in [0.4, 0.5) is 5.69 Å². The summed E-state index contributed by atoms with van der Waals surface area (Å²) >= 11 is 0. The van der Waals surface area contributed by atoms with Gasteiger partial charge in [-0.2, -0.15) is 0 Å². The summed E-state index contributed by atoms with van der Waals surface area (Å²) in [4.78, 5) is 4.89. The zero-order chi connectivity index (χ0) is 12.3. The van der Waals surface area contributed by atoms with Gasteiger partial charge < -0.3 is 15.5 Å². The summed E-state index contributed by atoms with van der Waals surface area (Å²) in [6.45, 7) is 6.40. The summed E-state index contributed by atoms with van der Waals surface area (Å²) in [7, 11) is 2.20. The highest BCUT2D eigenvalue weighted by atomic mass is 15.3. The standard InChI is InChI=1S/C14H23N3/c1-12-11-17(10-9-16(12)2)14-5-3-13(4-6-14)7-8-15/h3-6,12H,7-11,15H2,1-2H3. The Labute approximate surface area is 104 Å². The molecule has 1 saturated heterocycles. The number of rotatable bonds is 3. The molecule has 2 N–H and O–H groups in total. The van der Waals surface area contributed by atoms with E-state index in [0.717, 1.165) is 32.6 Å². The summed E-state index contributed by atoms with van der Waals surface area (Å²) < 4.78 is 0. The topological polar surface area (TPSA) is 32.5 Å². The van der Waals surface area contributed by atoms with Crippen molar-refractivity contribution in [3.8, 4) is 0 Å². The van der Waals surface area contributed by atoms with Gasteiger partial charge in [0.1, 0.15) is 0 Å². The largest absolute Gasteiger partial charge is 0.369 e. The van der Waals surface area contributed by atoms with Gasteiger partial charge in [0.05, 0.1) is 0 Å². The van der Waals surface area contributed by atoms with E-state index in [2.05, 4.69) is 48.0 Å². The molecule has 1 fully saturated rings. The maximum atomic E-state index is 5.56. The lowest BCUT2D eigenvalue weighted by Gasteiger charge is -2.39. The fourth-order valence-corrected chi connectivity index (χ4v) is 2.32. The van der Waals surface area contributed by atoms with Gasteiger partial charge in [-0.1, -0.05) is 12.1 Å². The van der Waals surface area contributed by atoms with Gasteiger partial charge in [0.2, 0.25) is 0 Å². The molecule has 1 aromatic carbocycles. The summed E-state index contributed by atoms with van der Waals surface area (Å²) in [5.41, 5.74) is 8.23. The van der Waals surface area contributed by atoms with Crippen molar-refractivity contribution >= 4 is 5.69 Å². The first kappa shape index (κ1) is 12.4. The molecule has 1 aliphatic heterocycles. The van der Waals surface area contributed by atoms with Crippen molar-refractivity contribution in [2.24, 2.45) is 5.73 Å². The van der Waals surface area contributed by atoms with Crippen LogP contribution in [-0.2, 0) is 6.42 Å². The highest BCUT2D eigenvalue weighted by molar-refractivity contribution is 5.48. The number of likely N-dealkylation sites (N-methyl/N-ethyl adjacent to an activating group) is 1. The molecule has 94 valence electrons. The average Bonchev–Trinajstić information content (AvgIpc) is 2.34. The molecule has 0 saturated carbocycles. The van der Waals surface area contributed by atoms with Crippen LogP contribution in [0.25, 0.3) is 0 Å². The van der Waals surface area contributed by atoms with Crippen LogP contribution in [-0.4, -0.2) is 44.2 Å². The van der Waals surface area contributed by atoms with Crippen molar-refractivity contribution < 1.29 is 0 Å². The SMILES string of the molecule is CC1CN(c2ccc(CCN)cc2)CCN1C. The van der Waals surface area contributed by atoms with Gasteiger partial charge in [-0.05, 0) is 44.6 Å². The molecule has 0 aromatic heterocycles. The maximum absolute atomic E-state index is 5.56. The van der Waals surface area contributed by atoms with Crippen LogP contribution < -0.4 is 10.6 Å². The Balaban J connectivity index is 2.02. The van der Waals surface area contributed by atoms with Crippen molar-refractivity contribution in [2.75, 3.05) is 38.1 Å². The second kappa shape index (κ2) is 5.52. The second-order valence-corrected chi connectivity index (χ2v) is 4.98. The van der Waals surface area contributed by atoms with Crippen LogP contribution >= 0.6 is 0 Å².